The SMILES string of the molecule is CCS(C)(=O)=Nc1cc(C)c2c(Cc3ccc(F)cc3O[C@@H]3CO[C@H]4[C@@H]3OC[C@H]4O)ncnc2c1. The number of aliphatic hydroxyl groups excluding tert-OH is 1. The molecule has 1 aromatic heterocycles. The van der Waals surface area contributed by atoms with E-state index in [1.165, 1.54) is 18.5 Å². The van der Waals surface area contributed by atoms with Crippen LogP contribution >= 0.6 is 0 Å². The molecule has 8 nitrogen and oxygen atoms in total. The number of aromatic nitrogens is 2. The molecular formula is C25H28FN3O5S. The fourth-order valence-corrected chi connectivity index (χ4v) is 5.28. The van der Waals surface area contributed by atoms with E-state index in [1.54, 1.807) is 12.3 Å². The normalized spacial score (nSPS) is 25.4. The van der Waals surface area contributed by atoms with Crippen molar-refractivity contribution < 1.29 is 27.9 Å². The van der Waals surface area contributed by atoms with Crippen LogP contribution in [0.1, 0.15) is 23.7 Å². The van der Waals surface area contributed by atoms with Gasteiger partial charge in [0.1, 0.15) is 36.2 Å². The predicted octanol–water partition coefficient (Wildman–Crippen LogP) is 3.32. The van der Waals surface area contributed by atoms with E-state index in [2.05, 4.69) is 14.3 Å². The van der Waals surface area contributed by atoms with Crippen LogP contribution in [0.2, 0.25) is 0 Å². The maximum atomic E-state index is 14.2. The molecule has 5 atom stereocenters. The van der Waals surface area contributed by atoms with E-state index < -0.39 is 40.0 Å². The van der Waals surface area contributed by atoms with Crippen LogP contribution in [0.5, 0.6) is 5.75 Å². The molecule has 5 rings (SSSR count). The summed E-state index contributed by atoms with van der Waals surface area (Å²) in [5, 5.41) is 10.9. The van der Waals surface area contributed by atoms with Gasteiger partial charge in [0, 0.05) is 45.2 Å². The van der Waals surface area contributed by atoms with Crippen molar-refractivity contribution >= 4 is 26.3 Å². The van der Waals surface area contributed by atoms with E-state index >= 15 is 0 Å². The van der Waals surface area contributed by atoms with Crippen molar-refractivity contribution in [2.24, 2.45) is 4.36 Å². The standard InChI is InChI=1S/C25H28FN3O5S/c1-4-35(3,31)29-17-7-14(2)23-18(27-13-28-19(23)10-17)8-15-5-6-16(26)9-21(15)34-22-12-33-24-20(30)11-32-25(22)24/h5-7,9-10,13,20,22,24-25,30H,4,8,11-12H2,1-3H3/t20-,22-,24-,25-,35?/m1/s1. The number of fused-ring (bicyclic) bond motifs is 2. The molecule has 0 bridgehead atoms. The zero-order chi connectivity index (χ0) is 24.7. The van der Waals surface area contributed by atoms with Crippen LogP contribution in [-0.4, -0.2) is 68.9 Å². The Morgan fingerprint density at radius 3 is 2.80 bits per heavy atom. The molecule has 1 unspecified atom stereocenters. The molecule has 1 N–H and O–H groups in total. The van der Waals surface area contributed by atoms with Gasteiger partial charge in [-0.2, -0.15) is 4.36 Å². The van der Waals surface area contributed by atoms with Crippen LogP contribution in [0.3, 0.4) is 0 Å². The molecule has 2 saturated heterocycles. The van der Waals surface area contributed by atoms with E-state index in [-0.39, 0.29) is 13.2 Å². The summed E-state index contributed by atoms with van der Waals surface area (Å²) in [5.74, 6) is 0.430. The topological polar surface area (TPSA) is 103 Å². The Balaban J connectivity index is 1.48. The summed E-state index contributed by atoms with van der Waals surface area (Å²) in [6.07, 6.45) is 1.54. The zero-order valence-corrected chi connectivity index (χ0v) is 20.6. The lowest BCUT2D eigenvalue weighted by Gasteiger charge is -2.20. The summed E-state index contributed by atoms with van der Waals surface area (Å²) < 4.78 is 48.5. The van der Waals surface area contributed by atoms with Crippen LogP contribution in [0.4, 0.5) is 10.1 Å². The quantitative estimate of drug-likeness (QED) is 0.553. The Labute approximate surface area is 203 Å². The Morgan fingerprint density at radius 1 is 1.20 bits per heavy atom. The minimum Gasteiger partial charge on any atom is -0.485 e. The van der Waals surface area contributed by atoms with Crippen molar-refractivity contribution in [2.45, 2.75) is 44.7 Å². The maximum Gasteiger partial charge on any atom is 0.151 e. The average molecular weight is 502 g/mol. The van der Waals surface area contributed by atoms with E-state index in [1.807, 2.05) is 26.0 Å². The van der Waals surface area contributed by atoms with Gasteiger partial charge >= 0.3 is 0 Å². The van der Waals surface area contributed by atoms with Crippen molar-refractivity contribution in [2.75, 3.05) is 25.2 Å². The second-order valence-electron chi connectivity index (χ2n) is 9.06. The van der Waals surface area contributed by atoms with E-state index in [0.29, 0.717) is 29.1 Å². The number of rotatable bonds is 6. The summed E-state index contributed by atoms with van der Waals surface area (Å²) >= 11 is 0. The first-order valence-corrected chi connectivity index (χ1v) is 13.6. The van der Waals surface area contributed by atoms with E-state index in [4.69, 9.17) is 14.2 Å². The largest absolute Gasteiger partial charge is 0.485 e. The van der Waals surface area contributed by atoms with Gasteiger partial charge in [0.05, 0.1) is 30.1 Å². The van der Waals surface area contributed by atoms with Gasteiger partial charge in [0.15, 0.2) is 6.10 Å². The first-order chi connectivity index (χ1) is 16.7. The van der Waals surface area contributed by atoms with Gasteiger partial charge in [-0.05, 0) is 30.7 Å². The maximum absolute atomic E-state index is 14.2. The third-order valence-electron chi connectivity index (χ3n) is 6.48. The minimum atomic E-state index is -2.30. The van der Waals surface area contributed by atoms with Crippen LogP contribution in [0.25, 0.3) is 10.9 Å². The van der Waals surface area contributed by atoms with Crippen molar-refractivity contribution in [3.63, 3.8) is 0 Å². The number of benzene rings is 2. The molecule has 0 radical (unpaired) electrons. The first-order valence-electron chi connectivity index (χ1n) is 11.5. The highest BCUT2D eigenvalue weighted by atomic mass is 32.2. The number of aliphatic hydroxyl groups is 1. The molecule has 0 spiro atoms. The molecule has 2 aliphatic rings. The zero-order valence-electron chi connectivity index (χ0n) is 19.8. The van der Waals surface area contributed by atoms with Gasteiger partial charge in [0.25, 0.3) is 0 Å². The van der Waals surface area contributed by atoms with Crippen molar-refractivity contribution in [3.05, 3.63) is 59.3 Å². The van der Waals surface area contributed by atoms with Crippen molar-refractivity contribution in [1.29, 1.82) is 0 Å². The van der Waals surface area contributed by atoms with Crippen molar-refractivity contribution in [3.8, 4) is 5.75 Å². The summed E-state index contributed by atoms with van der Waals surface area (Å²) in [4.78, 5) is 8.92. The molecule has 186 valence electrons. The van der Waals surface area contributed by atoms with Crippen LogP contribution < -0.4 is 4.74 Å². The number of halogens is 1. The van der Waals surface area contributed by atoms with Crippen LogP contribution in [0.15, 0.2) is 41.0 Å². The Morgan fingerprint density at radius 2 is 2.00 bits per heavy atom. The fraction of sp³-hybridized carbons (Fsp3) is 0.440. The average Bonchev–Trinajstić information content (AvgIpc) is 3.38. The highest BCUT2D eigenvalue weighted by Crippen LogP contribution is 2.33. The third-order valence-corrected chi connectivity index (χ3v) is 8.15. The highest BCUT2D eigenvalue weighted by Gasteiger charge is 2.48. The lowest BCUT2D eigenvalue weighted by Crippen LogP contribution is -2.34. The van der Waals surface area contributed by atoms with Gasteiger partial charge in [-0.3, -0.25) is 0 Å². The molecule has 0 amide bonds. The fourth-order valence-electron chi connectivity index (χ4n) is 4.60. The molecule has 3 aromatic rings. The van der Waals surface area contributed by atoms with Gasteiger partial charge in [0.2, 0.25) is 0 Å². The molecule has 0 aliphatic carbocycles. The molecule has 2 aliphatic heterocycles. The minimum absolute atomic E-state index is 0.191. The van der Waals surface area contributed by atoms with E-state index in [9.17, 15) is 13.7 Å². The van der Waals surface area contributed by atoms with Crippen LogP contribution in [-0.2, 0) is 25.6 Å². The van der Waals surface area contributed by atoms with Crippen molar-refractivity contribution in [1.82, 2.24) is 9.97 Å². The Kier molecular flexibility index (Phi) is 6.47. The molecule has 3 heterocycles. The second kappa shape index (κ2) is 9.42. The Bertz CT molecular complexity index is 1390. The van der Waals surface area contributed by atoms with Gasteiger partial charge in [-0.15, -0.1) is 0 Å². The second-order valence-corrected chi connectivity index (χ2v) is 11.7. The molecule has 2 aromatic carbocycles. The van der Waals surface area contributed by atoms with E-state index in [0.717, 1.165) is 22.2 Å². The predicted molar refractivity (Wildman–Crippen MR) is 130 cm³/mol. The van der Waals surface area contributed by atoms with Gasteiger partial charge in [-0.25, -0.2) is 18.6 Å². The number of hydrogen-bond donors (Lipinski definition) is 1. The summed E-state index contributed by atoms with van der Waals surface area (Å²) in [5.41, 5.74) is 3.74. The lowest BCUT2D eigenvalue weighted by atomic mass is 10.0. The number of nitrogens with zero attached hydrogens (tertiary/aromatic N) is 3. The summed E-state index contributed by atoms with van der Waals surface area (Å²) in [7, 11) is -2.30. The first kappa shape index (κ1) is 24.1. The van der Waals surface area contributed by atoms with Gasteiger partial charge < -0.3 is 19.3 Å². The lowest BCUT2D eigenvalue weighted by molar-refractivity contribution is 0.00843. The third kappa shape index (κ3) is 4.88. The smallest absolute Gasteiger partial charge is 0.151 e. The summed E-state index contributed by atoms with van der Waals surface area (Å²) in [6.45, 7) is 4.24. The monoisotopic (exact) mass is 501 g/mol. The highest BCUT2D eigenvalue weighted by molar-refractivity contribution is 7.93. The Hall–Kier alpha value is -2.66. The molecular weight excluding hydrogens is 473 g/mol. The summed E-state index contributed by atoms with van der Waals surface area (Å²) in [6, 6.07) is 8.12. The van der Waals surface area contributed by atoms with Gasteiger partial charge in [-0.1, -0.05) is 13.0 Å². The number of ether oxygens (including phenoxy) is 3. The molecule has 0 saturated carbocycles. The number of hydrogen-bond acceptors (Lipinski definition) is 8. The van der Waals surface area contributed by atoms with Crippen LogP contribution in [0, 0.1) is 12.7 Å². The molecule has 35 heavy (non-hydrogen) atoms. The molecule has 2 fully saturated rings. The molecule has 10 heteroatoms. The number of aryl methyl sites for hydroxylation is 1.